The monoisotopic (exact) mass is 334 g/mol. The third-order valence-corrected chi connectivity index (χ3v) is 3.54. The summed E-state index contributed by atoms with van der Waals surface area (Å²) < 4.78 is 13.1. The van der Waals surface area contributed by atoms with E-state index in [1.54, 1.807) is 30.3 Å². The maximum atomic E-state index is 13.1. The fourth-order valence-electron chi connectivity index (χ4n) is 1.70. The van der Waals surface area contributed by atoms with Crippen molar-refractivity contribution in [3.05, 3.63) is 69.5 Å². The molecule has 2 rings (SSSR count). The molecule has 0 unspecified atom stereocenters. The van der Waals surface area contributed by atoms with Gasteiger partial charge in [-0.3, -0.25) is 4.79 Å². The van der Waals surface area contributed by atoms with Crippen LogP contribution in [-0.4, -0.2) is 5.91 Å². The summed E-state index contributed by atoms with van der Waals surface area (Å²) >= 11 is 11.8. The van der Waals surface area contributed by atoms with Gasteiger partial charge in [-0.1, -0.05) is 41.4 Å². The zero-order valence-electron chi connectivity index (χ0n) is 11.1. The van der Waals surface area contributed by atoms with E-state index >= 15 is 0 Å². The molecule has 0 saturated heterocycles. The largest absolute Gasteiger partial charge is 0.320 e. The summed E-state index contributed by atoms with van der Waals surface area (Å²) in [4.78, 5) is 12.1. The van der Waals surface area contributed by atoms with Crippen LogP contribution in [0.1, 0.15) is 5.56 Å². The van der Waals surface area contributed by atoms with Crippen molar-refractivity contribution in [3.8, 4) is 6.07 Å². The molecule has 0 fully saturated rings. The minimum absolute atomic E-state index is 0.179. The fraction of sp³-hybridized carbons (Fsp3) is 0. The van der Waals surface area contributed by atoms with Gasteiger partial charge < -0.3 is 5.32 Å². The Labute approximate surface area is 136 Å². The summed E-state index contributed by atoms with van der Waals surface area (Å²) in [5.74, 6) is -1.11. The summed E-state index contributed by atoms with van der Waals surface area (Å²) in [7, 11) is 0. The van der Waals surface area contributed by atoms with Crippen LogP contribution in [0.5, 0.6) is 0 Å². The number of carbonyl (C=O) groups excluding carboxylic acids is 1. The molecule has 2 aromatic carbocycles. The van der Waals surface area contributed by atoms with Crippen LogP contribution in [0, 0.1) is 17.1 Å². The molecule has 0 atom stereocenters. The van der Waals surface area contributed by atoms with Gasteiger partial charge in [-0.15, -0.1) is 0 Å². The zero-order valence-corrected chi connectivity index (χ0v) is 12.6. The second-order valence-electron chi connectivity index (χ2n) is 4.28. The van der Waals surface area contributed by atoms with Crippen molar-refractivity contribution >= 4 is 40.9 Å². The van der Waals surface area contributed by atoms with E-state index in [2.05, 4.69) is 5.32 Å². The number of carbonyl (C=O) groups is 1. The van der Waals surface area contributed by atoms with Gasteiger partial charge in [0.1, 0.15) is 17.5 Å². The highest BCUT2D eigenvalue weighted by molar-refractivity contribution is 6.44. The zero-order chi connectivity index (χ0) is 16.1. The number of amides is 1. The maximum Gasteiger partial charge on any atom is 0.266 e. The predicted molar refractivity (Wildman–Crippen MR) is 85.1 cm³/mol. The van der Waals surface area contributed by atoms with Crippen molar-refractivity contribution in [2.45, 2.75) is 0 Å². The lowest BCUT2D eigenvalue weighted by Gasteiger charge is -2.07. The van der Waals surface area contributed by atoms with Crippen molar-refractivity contribution in [1.82, 2.24) is 0 Å². The number of hydrogen-bond acceptors (Lipinski definition) is 2. The van der Waals surface area contributed by atoms with Crippen LogP contribution < -0.4 is 5.32 Å². The standard InChI is InChI=1S/C16H9Cl2FN2O/c17-13-5-2-6-14(15(13)18)21-16(22)11(9-20)7-10-3-1-4-12(19)8-10/h1-8H,(H,21,22)/b11-7+. The molecule has 1 amide bonds. The van der Waals surface area contributed by atoms with Crippen LogP contribution in [0.25, 0.3) is 6.08 Å². The second kappa shape index (κ2) is 7.08. The van der Waals surface area contributed by atoms with Gasteiger partial charge >= 0.3 is 0 Å². The number of nitrogens with one attached hydrogen (secondary N) is 1. The second-order valence-corrected chi connectivity index (χ2v) is 5.07. The van der Waals surface area contributed by atoms with E-state index in [4.69, 9.17) is 28.5 Å². The molecule has 110 valence electrons. The summed E-state index contributed by atoms with van der Waals surface area (Å²) in [5, 5.41) is 12.1. The van der Waals surface area contributed by atoms with Crippen LogP contribution in [0.15, 0.2) is 48.0 Å². The fourth-order valence-corrected chi connectivity index (χ4v) is 2.05. The van der Waals surface area contributed by atoms with Gasteiger partial charge in [0, 0.05) is 0 Å². The lowest BCUT2D eigenvalue weighted by molar-refractivity contribution is -0.112. The van der Waals surface area contributed by atoms with Gasteiger partial charge in [-0.25, -0.2) is 4.39 Å². The Hall–Kier alpha value is -2.35. The van der Waals surface area contributed by atoms with Gasteiger partial charge in [-0.2, -0.15) is 5.26 Å². The Morgan fingerprint density at radius 3 is 2.64 bits per heavy atom. The van der Waals surface area contributed by atoms with E-state index in [-0.39, 0.29) is 15.6 Å². The van der Waals surface area contributed by atoms with Crippen LogP contribution in [0.2, 0.25) is 10.0 Å². The summed E-state index contributed by atoms with van der Waals surface area (Å²) in [6.45, 7) is 0. The van der Waals surface area contributed by atoms with Gasteiger partial charge in [0.2, 0.25) is 0 Å². The quantitative estimate of drug-likeness (QED) is 0.654. The van der Waals surface area contributed by atoms with Crippen molar-refractivity contribution in [1.29, 1.82) is 5.26 Å². The SMILES string of the molecule is N#C/C(=C\c1cccc(F)c1)C(=O)Nc1cccc(Cl)c1Cl. The molecule has 1 N–H and O–H groups in total. The molecule has 22 heavy (non-hydrogen) atoms. The highest BCUT2D eigenvalue weighted by Crippen LogP contribution is 2.29. The number of nitrogens with zero attached hydrogens (tertiary/aromatic N) is 1. The maximum absolute atomic E-state index is 13.1. The van der Waals surface area contributed by atoms with Crippen molar-refractivity contribution in [3.63, 3.8) is 0 Å². The van der Waals surface area contributed by atoms with E-state index in [0.29, 0.717) is 11.3 Å². The summed E-state index contributed by atoms with van der Waals surface area (Å²) in [5.41, 5.74) is 0.519. The normalized spacial score (nSPS) is 10.9. The first-order valence-corrected chi connectivity index (χ1v) is 6.89. The minimum Gasteiger partial charge on any atom is -0.320 e. The molecule has 0 saturated carbocycles. The third-order valence-electron chi connectivity index (χ3n) is 2.72. The highest BCUT2D eigenvalue weighted by atomic mass is 35.5. The Balaban J connectivity index is 2.26. The van der Waals surface area contributed by atoms with Crippen molar-refractivity contribution in [2.75, 3.05) is 5.32 Å². The molecular weight excluding hydrogens is 326 g/mol. The molecule has 0 aromatic heterocycles. The van der Waals surface area contributed by atoms with Gasteiger partial charge in [0.15, 0.2) is 0 Å². The summed E-state index contributed by atoms with van der Waals surface area (Å²) in [6, 6.07) is 12.1. The molecule has 2 aromatic rings. The lowest BCUT2D eigenvalue weighted by atomic mass is 10.1. The van der Waals surface area contributed by atoms with Crippen LogP contribution in [0.4, 0.5) is 10.1 Å². The number of anilines is 1. The lowest BCUT2D eigenvalue weighted by Crippen LogP contribution is -2.13. The first-order valence-electron chi connectivity index (χ1n) is 6.14. The molecule has 6 heteroatoms. The average Bonchev–Trinajstić information content (AvgIpc) is 2.49. The Bertz CT molecular complexity index is 797. The molecule has 0 heterocycles. The van der Waals surface area contributed by atoms with Gasteiger partial charge in [-0.05, 0) is 35.9 Å². The van der Waals surface area contributed by atoms with Crippen LogP contribution in [0.3, 0.4) is 0 Å². The minimum atomic E-state index is -0.657. The van der Waals surface area contributed by atoms with E-state index in [1.807, 2.05) is 0 Å². The van der Waals surface area contributed by atoms with E-state index < -0.39 is 11.7 Å². The Morgan fingerprint density at radius 1 is 1.23 bits per heavy atom. The third kappa shape index (κ3) is 3.85. The van der Waals surface area contributed by atoms with Crippen molar-refractivity contribution in [2.24, 2.45) is 0 Å². The summed E-state index contributed by atoms with van der Waals surface area (Å²) in [6.07, 6.45) is 1.29. The molecule has 0 bridgehead atoms. The first kappa shape index (κ1) is 16.0. The molecule has 0 aliphatic heterocycles. The number of halogens is 3. The van der Waals surface area contributed by atoms with E-state index in [0.717, 1.165) is 0 Å². The smallest absolute Gasteiger partial charge is 0.266 e. The predicted octanol–water partition coefficient (Wildman–Crippen LogP) is 4.68. The Morgan fingerprint density at radius 2 is 1.95 bits per heavy atom. The van der Waals surface area contributed by atoms with E-state index in [1.165, 1.54) is 24.3 Å². The van der Waals surface area contributed by atoms with Crippen LogP contribution >= 0.6 is 23.2 Å². The number of rotatable bonds is 3. The molecule has 0 spiro atoms. The van der Waals surface area contributed by atoms with Crippen molar-refractivity contribution < 1.29 is 9.18 Å². The molecular formula is C16H9Cl2FN2O. The number of benzene rings is 2. The highest BCUT2D eigenvalue weighted by Gasteiger charge is 2.12. The van der Waals surface area contributed by atoms with Gasteiger partial charge in [0.25, 0.3) is 5.91 Å². The molecule has 0 radical (unpaired) electrons. The topological polar surface area (TPSA) is 52.9 Å². The molecule has 3 nitrogen and oxygen atoms in total. The van der Waals surface area contributed by atoms with Gasteiger partial charge in [0.05, 0.1) is 15.7 Å². The molecule has 0 aliphatic carbocycles. The van der Waals surface area contributed by atoms with E-state index in [9.17, 15) is 9.18 Å². The number of nitriles is 1. The average molecular weight is 335 g/mol. The first-order chi connectivity index (χ1) is 10.5. The van der Waals surface area contributed by atoms with Crippen LogP contribution in [-0.2, 0) is 4.79 Å². The number of hydrogen-bond donors (Lipinski definition) is 1. The Kier molecular flexibility index (Phi) is 5.16. The molecule has 0 aliphatic rings.